The van der Waals surface area contributed by atoms with E-state index < -0.39 is 23.9 Å². The van der Waals surface area contributed by atoms with Crippen molar-refractivity contribution in [2.24, 2.45) is 10.2 Å². The fourth-order valence-electron chi connectivity index (χ4n) is 2.39. The van der Waals surface area contributed by atoms with Crippen LogP contribution < -0.4 is 0 Å². The van der Waals surface area contributed by atoms with Crippen LogP contribution >= 0.6 is 0 Å². The molecule has 2 aliphatic rings. The molecule has 0 saturated carbocycles. The maximum absolute atomic E-state index is 11.5. The highest BCUT2D eigenvalue weighted by Gasteiger charge is 2.30. The molecule has 116 valence electrons. The molecule has 0 amide bonds. The Morgan fingerprint density at radius 3 is 1.33 bits per heavy atom. The largest absolute Gasteiger partial charge is 0.386 e. The van der Waals surface area contributed by atoms with E-state index in [1.54, 1.807) is 0 Å². The first-order chi connectivity index (χ1) is 11.5. The molecule has 0 aliphatic carbocycles. The Bertz CT molecular complexity index is 913. The minimum atomic E-state index is -0.731. The van der Waals surface area contributed by atoms with E-state index in [1.807, 2.05) is 0 Å². The van der Waals surface area contributed by atoms with Gasteiger partial charge in [-0.1, -0.05) is 0 Å². The first-order valence-corrected chi connectivity index (χ1v) is 6.76. The van der Waals surface area contributed by atoms with Crippen molar-refractivity contribution in [3.63, 3.8) is 0 Å². The smallest absolute Gasteiger partial charge is 0.346 e. The Kier molecular flexibility index (Phi) is 2.86. The molecule has 2 heterocycles. The van der Waals surface area contributed by atoms with Crippen LogP contribution in [-0.4, -0.2) is 23.9 Å². The van der Waals surface area contributed by atoms with Gasteiger partial charge in [0.1, 0.15) is 0 Å². The second-order valence-corrected chi connectivity index (χ2v) is 5.01. The van der Waals surface area contributed by atoms with Crippen molar-refractivity contribution in [1.29, 1.82) is 0 Å². The minimum absolute atomic E-state index is 0.125. The van der Waals surface area contributed by atoms with E-state index in [0.29, 0.717) is 11.4 Å². The van der Waals surface area contributed by atoms with Crippen molar-refractivity contribution < 1.29 is 28.7 Å². The lowest BCUT2D eigenvalue weighted by atomic mass is 10.1. The van der Waals surface area contributed by atoms with Gasteiger partial charge in [0.2, 0.25) is 0 Å². The van der Waals surface area contributed by atoms with Crippen LogP contribution in [0.3, 0.4) is 0 Å². The summed E-state index contributed by atoms with van der Waals surface area (Å²) >= 11 is 0. The number of fused-ring (bicyclic) bond motifs is 2. The molecule has 2 aliphatic heterocycles. The predicted octanol–water partition coefficient (Wildman–Crippen LogP) is 2.72. The van der Waals surface area contributed by atoms with Gasteiger partial charge >= 0.3 is 23.9 Å². The summed E-state index contributed by atoms with van der Waals surface area (Å²) in [6, 6.07) is 8.64. The molecule has 8 nitrogen and oxygen atoms in total. The zero-order valence-corrected chi connectivity index (χ0v) is 11.8. The van der Waals surface area contributed by atoms with Crippen molar-refractivity contribution in [3.05, 3.63) is 58.7 Å². The Balaban J connectivity index is 1.65. The van der Waals surface area contributed by atoms with Gasteiger partial charge in [0.15, 0.2) is 0 Å². The van der Waals surface area contributed by atoms with E-state index >= 15 is 0 Å². The van der Waals surface area contributed by atoms with Gasteiger partial charge in [-0.15, -0.1) is 0 Å². The maximum Gasteiger partial charge on any atom is 0.346 e. The summed E-state index contributed by atoms with van der Waals surface area (Å²) in [5.74, 6) is -2.85. The second-order valence-electron chi connectivity index (χ2n) is 5.01. The molecule has 4 rings (SSSR count). The normalized spacial score (nSPS) is 15.5. The Labute approximate surface area is 133 Å². The molecule has 0 spiro atoms. The van der Waals surface area contributed by atoms with Gasteiger partial charge in [-0.25, -0.2) is 19.2 Å². The van der Waals surface area contributed by atoms with Gasteiger partial charge in [0.25, 0.3) is 0 Å². The molecule has 0 aromatic heterocycles. The van der Waals surface area contributed by atoms with Crippen molar-refractivity contribution in [2.45, 2.75) is 0 Å². The number of hydrogen-bond donors (Lipinski definition) is 0. The highest BCUT2D eigenvalue weighted by Crippen LogP contribution is 2.28. The number of ether oxygens (including phenoxy) is 2. The molecule has 0 N–H and O–H groups in total. The van der Waals surface area contributed by atoms with Crippen LogP contribution in [0, 0.1) is 0 Å². The van der Waals surface area contributed by atoms with Gasteiger partial charge in [-0.05, 0) is 36.4 Å². The number of carbonyl (C=O) groups is 4. The van der Waals surface area contributed by atoms with E-state index in [9.17, 15) is 19.2 Å². The van der Waals surface area contributed by atoms with Crippen molar-refractivity contribution in [3.8, 4) is 0 Å². The molecule has 0 atom stereocenters. The van der Waals surface area contributed by atoms with Crippen molar-refractivity contribution in [1.82, 2.24) is 0 Å². The van der Waals surface area contributed by atoms with Crippen LogP contribution in [0.1, 0.15) is 41.4 Å². The van der Waals surface area contributed by atoms with Crippen LogP contribution in [0.4, 0.5) is 11.4 Å². The van der Waals surface area contributed by atoms with Crippen LogP contribution in [0.25, 0.3) is 0 Å². The number of azo groups is 1. The third-order valence-corrected chi connectivity index (χ3v) is 3.54. The van der Waals surface area contributed by atoms with Gasteiger partial charge < -0.3 is 9.47 Å². The zero-order chi connectivity index (χ0) is 16.8. The number of benzene rings is 2. The fourth-order valence-corrected chi connectivity index (χ4v) is 2.39. The lowest BCUT2D eigenvalue weighted by Gasteiger charge is -1.97. The summed E-state index contributed by atoms with van der Waals surface area (Å²) in [4.78, 5) is 45.7. The fraction of sp³-hybridized carbons (Fsp3) is 0. The van der Waals surface area contributed by atoms with E-state index in [4.69, 9.17) is 0 Å². The number of hydrogen-bond acceptors (Lipinski definition) is 8. The highest BCUT2D eigenvalue weighted by atomic mass is 16.6. The van der Waals surface area contributed by atoms with Crippen LogP contribution in [0.5, 0.6) is 0 Å². The summed E-state index contributed by atoms with van der Waals surface area (Å²) in [5.41, 5.74) is 1.27. The molecule has 24 heavy (non-hydrogen) atoms. The molecular formula is C16H6N2O6. The number of esters is 4. The summed E-state index contributed by atoms with van der Waals surface area (Å²) in [6.07, 6.45) is 0. The monoisotopic (exact) mass is 322 g/mol. The average Bonchev–Trinajstić information content (AvgIpc) is 3.02. The maximum atomic E-state index is 11.5. The summed E-state index contributed by atoms with van der Waals surface area (Å²) in [6.45, 7) is 0. The average molecular weight is 322 g/mol. The van der Waals surface area contributed by atoms with E-state index in [2.05, 4.69) is 19.7 Å². The number of carbonyl (C=O) groups excluding carboxylic acids is 4. The topological polar surface area (TPSA) is 111 Å². The quantitative estimate of drug-likeness (QED) is 0.477. The molecule has 2 aromatic carbocycles. The Morgan fingerprint density at radius 2 is 0.917 bits per heavy atom. The third kappa shape index (κ3) is 2.09. The van der Waals surface area contributed by atoms with Crippen LogP contribution in [0.15, 0.2) is 46.6 Å². The lowest BCUT2D eigenvalue weighted by Crippen LogP contribution is -1.96. The third-order valence-electron chi connectivity index (χ3n) is 3.54. The lowest BCUT2D eigenvalue weighted by molar-refractivity contribution is 0.0425. The van der Waals surface area contributed by atoms with Crippen molar-refractivity contribution in [2.75, 3.05) is 0 Å². The summed E-state index contributed by atoms with van der Waals surface area (Å²) < 4.78 is 8.98. The molecule has 0 unspecified atom stereocenters. The standard InChI is InChI=1S/C16H6N2O6/c19-13-9-3-1-7(5-11(9)15(21)23-13)17-18-8-2-4-10-12(6-8)16(22)24-14(10)20/h1-6H. The minimum Gasteiger partial charge on any atom is -0.386 e. The van der Waals surface area contributed by atoms with E-state index in [-0.39, 0.29) is 22.3 Å². The number of cyclic esters (lactones) is 4. The SMILES string of the molecule is O=C1OC(=O)c2cc(N=Nc3ccc4c(c3)C(=O)OC4=O)ccc21. The molecule has 2 aromatic rings. The van der Waals surface area contributed by atoms with Gasteiger partial charge in [0, 0.05) is 0 Å². The van der Waals surface area contributed by atoms with Gasteiger partial charge in [-0.3, -0.25) is 0 Å². The molecule has 0 saturated heterocycles. The summed E-state index contributed by atoms with van der Waals surface area (Å²) in [5, 5.41) is 7.90. The molecule has 0 bridgehead atoms. The number of nitrogens with zero attached hydrogens (tertiary/aromatic N) is 2. The first kappa shape index (κ1) is 13.9. The molecular weight excluding hydrogens is 316 g/mol. The van der Waals surface area contributed by atoms with Gasteiger partial charge in [-0.2, -0.15) is 10.2 Å². The molecule has 8 heteroatoms. The highest BCUT2D eigenvalue weighted by molar-refractivity contribution is 6.15. The number of rotatable bonds is 2. The predicted molar refractivity (Wildman–Crippen MR) is 76.6 cm³/mol. The molecule has 0 fully saturated rings. The Hall–Kier alpha value is -3.68. The van der Waals surface area contributed by atoms with Crippen LogP contribution in [-0.2, 0) is 9.47 Å². The van der Waals surface area contributed by atoms with E-state index in [1.165, 1.54) is 36.4 Å². The van der Waals surface area contributed by atoms with Crippen molar-refractivity contribution >= 4 is 35.3 Å². The summed E-state index contributed by atoms with van der Waals surface area (Å²) in [7, 11) is 0. The Morgan fingerprint density at radius 1 is 0.542 bits per heavy atom. The zero-order valence-electron chi connectivity index (χ0n) is 11.8. The van der Waals surface area contributed by atoms with E-state index in [0.717, 1.165) is 0 Å². The molecule has 0 radical (unpaired) electrons. The first-order valence-electron chi connectivity index (χ1n) is 6.76. The van der Waals surface area contributed by atoms with Gasteiger partial charge in [0.05, 0.1) is 33.6 Å². The second kappa shape index (κ2) is 4.92. The van der Waals surface area contributed by atoms with Crippen LogP contribution in [0.2, 0.25) is 0 Å².